The van der Waals surface area contributed by atoms with Gasteiger partial charge in [0.1, 0.15) is 10.7 Å². The van der Waals surface area contributed by atoms with Crippen molar-refractivity contribution in [2.24, 2.45) is 0 Å². The number of carbonyl (C=O) groups is 3. The number of anilines is 1. The van der Waals surface area contributed by atoms with Crippen LogP contribution in [0.25, 0.3) is 0 Å². The third kappa shape index (κ3) is 4.45. The van der Waals surface area contributed by atoms with E-state index in [4.69, 9.17) is 4.74 Å². The number of para-hydroxylation sites is 1. The van der Waals surface area contributed by atoms with E-state index >= 15 is 0 Å². The lowest BCUT2D eigenvalue weighted by Gasteiger charge is -2.08. The second-order valence-electron chi connectivity index (χ2n) is 5.82. The van der Waals surface area contributed by atoms with Gasteiger partial charge in [0.25, 0.3) is 5.91 Å². The van der Waals surface area contributed by atoms with Crippen LogP contribution in [-0.2, 0) is 22.4 Å². The molecule has 0 bridgehead atoms. The minimum atomic E-state index is -0.900. The number of aryl methyl sites for hydroxylation is 2. The van der Waals surface area contributed by atoms with E-state index in [2.05, 4.69) is 5.32 Å². The number of thiophene rings is 1. The Balaban J connectivity index is 1.47. The van der Waals surface area contributed by atoms with Crippen LogP contribution in [-0.4, -0.2) is 24.5 Å². The Morgan fingerprint density at radius 3 is 2.69 bits per heavy atom. The van der Waals surface area contributed by atoms with E-state index < -0.39 is 30.3 Å². The highest BCUT2D eigenvalue weighted by atomic mass is 32.1. The zero-order valence-electron chi connectivity index (χ0n) is 13.8. The predicted molar refractivity (Wildman–Crippen MR) is 94.8 cm³/mol. The van der Waals surface area contributed by atoms with Gasteiger partial charge in [0, 0.05) is 4.88 Å². The van der Waals surface area contributed by atoms with Crippen LogP contribution in [0.4, 0.5) is 14.9 Å². The molecule has 8 heteroatoms. The third-order valence-corrected chi connectivity index (χ3v) is 5.12. The van der Waals surface area contributed by atoms with Crippen molar-refractivity contribution in [3.8, 4) is 0 Å². The normalized spacial score (nSPS) is 12.8. The number of carbonyl (C=O) groups excluding carboxylic acids is 3. The van der Waals surface area contributed by atoms with Gasteiger partial charge in [0.2, 0.25) is 0 Å². The molecule has 1 heterocycles. The molecule has 0 fully saturated rings. The van der Waals surface area contributed by atoms with Crippen LogP contribution in [0.2, 0.25) is 0 Å². The summed E-state index contributed by atoms with van der Waals surface area (Å²) in [5.74, 6) is -2.01. The maximum absolute atomic E-state index is 13.4. The number of imide groups is 1. The molecule has 1 aromatic carbocycles. The molecule has 0 aliphatic heterocycles. The van der Waals surface area contributed by atoms with E-state index in [-0.39, 0.29) is 5.69 Å². The summed E-state index contributed by atoms with van der Waals surface area (Å²) in [5, 5.41) is 4.19. The van der Waals surface area contributed by atoms with Gasteiger partial charge in [-0.3, -0.25) is 10.1 Å². The van der Waals surface area contributed by atoms with Crippen molar-refractivity contribution in [2.45, 2.75) is 25.7 Å². The molecule has 0 saturated carbocycles. The van der Waals surface area contributed by atoms with Gasteiger partial charge in [-0.15, -0.1) is 11.3 Å². The molecule has 6 nitrogen and oxygen atoms in total. The van der Waals surface area contributed by atoms with Crippen molar-refractivity contribution in [1.82, 2.24) is 5.32 Å². The Morgan fingerprint density at radius 1 is 1.15 bits per heavy atom. The Hall–Kier alpha value is -2.74. The fraction of sp³-hybridized carbons (Fsp3) is 0.278. The number of benzene rings is 1. The summed E-state index contributed by atoms with van der Waals surface area (Å²) in [6.07, 6.45) is 4.14. The van der Waals surface area contributed by atoms with Gasteiger partial charge < -0.3 is 10.1 Å². The van der Waals surface area contributed by atoms with E-state index in [9.17, 15) is 18.8 Å². The molecule has 1 aliphatic rings. The summed E-state index contributed by atoms with van der Waals surface area (Å²) >= 11 is 1.39. The predicted octanol–water partition coefficient (Wildman–Crippen LogP) is 3.27. The van der Waals surface area contributed by atoms with Crippen molar-refractivity contribution in [1.29, 1.82) is 0 Å². The highest BCUT2D eigenvalue weighted by molar-refractivity contribution is 7.14. The van der Waals surface area contributed by atoms with Crippen molar-refractivity contribution in [2.75, 3.05) is 11.9 Å². The first-order valence-electron chi connectivity index (χ1n) is 8.17. The largest absolute Gasteiger partial charge is 0.451 e. The number of fused-ring (bicyclic) bond motifs is 1. The van der Waals surface area contributed by atoms with Crippen LogP contribution in [0, 0.1) is 5.82 Å². The quantitative estimate of drug-likeness (QED) is 0.802. The molecule has 0 spiro atoms. The molecule has 3 amide bonds. The summed E-state index contributed by atoms with van der Waals surface area (Å²) < 4.78 is 18.4. The van der Waals surface area contributed by atoms with E-state index in [0.29, 0.717) is 4.88 Å². The van der Waals surface area contributed by atoms with Crippen LogP contribution in [0.1, 0.15) is 33.0 Å². The van der Waals surface area contributed by atoms with Crippen molar-refractivity contribution in [3.05, 3.63) is 51.5 Å². The highest BCUT2D eigenvalue weighted by Gasteiger charge is 2.19. The third-order valence-electron chi connectivity index (χ3n) is 3.91. The van der Waals surface area contributed by atoms with Gasteiger partial charge in [-0.25, -0.2) is 14.0 Å². The lowest BCUT2D eigenvalue weighted by Crippen LogP contribution is -2.37. The summed E-state index contributed by atoms with van der Waals surface area (Å²) in [6.45, 7) is -0.591. The summed E-state index contributed by atoms with van der Waals surface area (Å²) in [6, 6.07) is 6.47. The summed E-state index contributed by atoms with van der Waals surface area (Å²) in [4.78, 5) is 37.1. The van der Waals surface area contributed by atoms with Crippen LogP contribution >= 0.6 is 11.3 Å². The number of urea groups is 1. The lowest BCUT2D eigenvalue weighted by molar-refractivity contribution is -0.123. The Bertz CT molecular complexity index is 826. The number of ether oxygens (including phenoxy) is 1. The molecule has 0 radical (unpaired) electrons. The first kappa shape index (κ1) is 18.1. The van der Waals surface area contributed by atoms with E-state index in [1.807, 2.05) is 11.4 Å². The number of hydrogen-bond donors (Lipinski definition) is 2. The van der Waals surface area contributed by atoms with Crippen molar-refractivity contribution >= 4 is 34.9 Å². The van der Waals surface area contributed by atoms with Gasteiger partial charge in [-0.05, 0) is 49.4 Å². The molecular weight excluding hydrogens is 359 g/mol. The molecule has 2 N–H and O–H groups in total. The topological polar surface area (TPSA) is 84.5 Å². The van der Waals surface area contributed by atoms with Crippen molar-refractivity contribution < 1.29 is 23.5 Å². The molecule has 136 valence electrons. The number of amides is 3. The standard InChI is InChI=1S/C18H17FN2O4S/c19-12-6-2-3-7-13(12)20-18(24)21-16(22)10-25-17(23)15-9-11-5-1-4-8-14(11)26-15/h2-3,6-7,9H,1,4-5,8,10H2,(H2,20,21,22,24). The number of hydrogen-bond acceptors (Lipinski definition) is 5. The number of nitrogens with one attached hydrogen (secondary N) is 2. The molecule has 3 rings (SSSR count). The fourth-order valence-electron chi connectivity index (χ4n) is 2.67. The monoisotopic (exact) mass is 376 g/mol. The van der Waals surface area contributed by atoms with Crippen LogP contribution in [0.3, 0.4) is 0 Å². The zero-order chi connectivity index (χ0) is 18.5. The Labute approximate surface area is 153 Å². The van der Waals surface area contributed by atoms with E-state index in [1.54, 1.807) is 6.07 Å². The first-order valence-corrected chi connectivity index (χ1v) is 8.98. The molecular formula is C18H17FN2O4S. The fourth-order valence-corrected chi connectivity index (χ4v) is 3.82. The molecule has 1 aromatic heterocycles. The average molecular weight is 376 g/mol. The van der Waals surface area contributed by atoms with Crippen molar-refractivity contribution in [3.63, 3.8) is 0 Å². The van der Waals surface area contributed by atoms with Crippen LogP contribution in [0.15, 0.2) is 30.3 Å². The minimum Gasteiger partial charge on any atom is -0.451 e. The second kappa shape index (κ2) is 8.09. The molecule has 2 aromatic rings. The molecule has 0 saturated heterocycles. The molecule has 0 atom stereocenters. The number of halogens is 1. The minimum absolute atomic E-state index is 0.0565. The van der Waals surface area contributed by atoms with Gasteiger partial charge in [0.15, 0.2) is 6.61 Å². The van der Waals surface area contributed by atoms with Crippen LogP contribution < -0.4 is 10.6 Å². The first-order chi connectivity index (χ1) is 12.5. The van der Waals surface area contributed by atoms with Gasteiger partial charge in [-0.2, -0.15) is 0 Å². The summed E-state index contributed by atoms with van der Waals surface area (Å²) in [5.41, 5.74) is 1.11. The van der Waals surface area contributed by atoms with Gasteiger partial charge >= 0.3 is 12.0 Å². The molecule has 0 unspecified atom stereocenters. The van der Waals surface area contributed by atoms with E-state index in [1.165, 1.54) is 40.0 Å². The SMILES string of the molecule is O=C(COC(=O)c1cc2c(s1)CCCC2)NC(=O)Nc1ccccc1F. The maximum Gasteiger partial charge on any atom is 0.348 e. The highest BCUT2D eigenvalue weighted by Crippen LogP contribution is 2.29. The Kier molecular flexibility index (Phi) is 5.62. The molecule has 26 heavy (non-hydrogen) atoms. The average Bonchev–Trinajstić information content (AvgIpc) is 3.06. The smallest absolute Gasteiger partial charge is 0.348 e. The number of rotatable bonds is 4. The second-order valence-corrected chi connectivity index (χ2v) is 6.96. The van der Waals surface area contributed by atoms with Gasteiger partial charge in [0.05, 0.1) is 5.69 Å². The van der Waals surface area contributed by atoms with Crippen LogP contribution in [0.5, 0.6) is 0 Å². The van der Waals surface area contributed by atoms with Gasteiger partial charge in [-0.1, -0.05) is 12.1 Å². The maximum atomic E-state index is 13.4. The lowest BCUT2D eigenvalue weighted by atomic mass is 9.99. The Morgan fingerprint density at radius 2 is 1.92 bits per heavy atom. The zero-order valence-corrected chi connectivity index (χ0v) is 14.7. The summed E-state index contributed by atoms with van der Waals surface area (Å²) in [7, 11) is 0. The number of esters is 1. The van der Waals surface area contributed by atoms with E-state index in [0.717, 1.165) is 25.7 Å². The molecule has 1 aliphatic carbocycles.